The first-order valence-electron chi connectivity index (χ1n) is 10.7. The Balaban J connectivity index is 1.86. The number of hydrogen-bond acceptors (Lipinski definition) is 5. The number of likely N-dealkylation sites (tertiary alicyclic amines) is 1. The Morgan fingerprint density at radius 3 is 2.53 bits per heavy atom. The molecule has 0 radical (unpaired) electrons. The lowest BCUT2D eigenvalue weighted by atomic mass is 9.94. The number of aryl methyl sites for hydroxylation is 1. The predicted molar refractivity (Wildman–Crippen MR) is 131 cm³/mol. The summed E-state index contributed by atoms with van der Waals surface area (Å²) in [6, 6.07) is 14.5. The number of hydrogen-bond donors (Lipinski definition) is 1. The van der Waals surface area contributed by atoms with Gasteiger partial charge in [-0.05, 0) is 67.4 Å². The van der Waals surface area contributed by atoms with Gasteiger partial charge in [-0.1, -0.05) is 35.3 Å². The average Bonchev–Trinajstić information content (AvgIpc) is 3.07. The summed E-state index contributed by atoms with van der Waals surface area (Å²) >= 11 is 12.4. The van der Waals surface area contributed by atoms with E-state index < -0.39 is 17.7 Å². The third kappa shape index (κ3) is 4.52. The molecule has 1 N–H and O–H groups in total. The first kappa shape index (κ1) is 23.8. The Kier molecular flexibility index (Phi) is 6.91. The maximum atomic E-state index is 13.2. The van der Waals surface area contributed by atoms with Crippen LogP contribution in [0.1, 0.15) is 35.3 Å². The molecule has 2 heterocycles. The molecule has 0 saturated carbocycles. The highest BCUT2D eigenvalue weighted by molar-refractivity contribution is 6.46. The van der Waals surface area contributed by atoms with Gasteiger partial charge in [0.15, 0.2) is 0 Å². The zero-order chi connectivity index (χ0) is 24.4. The maximum absolute atomic E-state index is 13.2. The number of carbonyl (C=O) groups excluding carboxylic acids is 2. The topological polar surface area (TPSA) is 79.7 Å². The van der Waals surface area contributed by atoms with E-state index >= 15 is 0 Å². The van der Waals surface area contributed by atoms with E-state index in [4.69, 9.17) is 27.9 Å². The van der Waals surface area contributed by atoms with Gasteiger partial charge in [0.2, 0.25) is 0 Å². The number of benzene rings is 2. The van der Waals surface area contributed by atoms with Crippen molar-refractivity contribution in [2.75, 3.05) is 6.61 Å². The highest BCUT2D eigenvalue weighted by Gasteiger charge is 2.46. The van der Waals surface area contributed by atoms with E-state index in [1.165, 1.54) is 4.90 Å². The lowest BCUT2D eigenvalue weighted by Gasteiger charge is -2.25. The smallest absolute Gasteiger partial charge is 0.296 e. The highest BCUT2D eigenvalue weighted by Crippen LogP contribution is 2.42. The van der Waals surface area contributed by atoms with Crippen LogP contribution in [0.3, 0.4) is 0 Å². The quantitative estimate of drug-likeness (QED) is 0.268. The maximum Gasteiger partial charge on any atom is 0.296 e. The summed E-state index contributed by atoms with van der Waals surface area (Å²) in [7, 11) is 0. The first-order valence-corrected chi connectivity index (χ1v) is 11.4. The second-order valence-electron chi connectivity index (χ2n) is 7.83. The van der Waals surface area contributed by atoms with Crippen LogP contribution in [0.2, 0.25) is 10.0 Å². The van der Waals surface area contributed by atoms with E-state index in [2.05, 4.69) is 4.98 Å². The highest BCUT2D eigenvalue weighted by atomic mass is 35.5. The number of amides is 1. The Morgan fingerprint density at radius 2 is 1.88 bits per heavy atom. The largest absolute Gasteiger partial charge is 0.507 e. The van der Waals surface area contributed by atoms with E-state index in [0.717, 1.165) is 5.56 Å². The van der Waals surface area contributed by atoms with Gasteiger partial charge in [-0.25, -0.2) is 0 Å². The van der Waals surface area contributed by atoms with Gasteiger partial charge in [0.05, 0.1) is 40.5 Å². The van der Waals surface area contributed by atoms with Crippen molar-refractivity contribution in [3.63, 3.8) is 0 Å². The van der Waals surface area contributed by atoms with E-state index in [1.807, 2.05) is 13.8 Å². The van der Waals surface area contributed by atoms with Crippen LogP contribution in [0.5, 0.6) is 5.75 Å². The normalized spacial score (nSPS) is 17.3. The second-order valence-corrected chi connectivity index (χ2v) is 8.65. The number of rotatable bonds is 6. The van der Waals surface area contributed by atoms with Gasteiger partial charge in [-0.15, -0.1) is 0 Å². The van der Waals surface area contributed by atoms with Gasteiger partial charge in [0.25, 0.3) is 11.7 Å². The third-order valence-electron chi connectivity index (χ3n) is 5.61. The molecule has 34 heavy (non-hydrogen) atoms. The Bertz CT molecular complexity index is 1290. The minimum absolute atomic E-state index is 0.0251. The molecule has 3 aromatic rings. The fourth-order valence-electron chi connectivity index (χ4n) is 4.01. The lowest BCUT2D eigenvalue weighted by Crippen LogP contribution is -2.29. The van der Waals surface area contributed by atoms with E-state index in [0.29, 0.717) is 34.2 Å². The number of halogens is 2. The summed E-state index contributed by atoms with van der Waals surface area (Å²) in [5.74, 6) is -1.11. The van der Waals surface area contributed by atoms with Crippen molar-refractivity contribution >= 4 is 40.7 Å². The van der Waals surface area contributed by atoms with Gasteiger partial charge < -0.3 is 14.7 Å². The number of aliphatic hydroxyl groups is 1. The number of pyridine rings is 1. The van der Waals surface area contributed by atoms with Crippen molar-refractivity contribution in [3.8, 4) is 5.75 Å². The average molecular weight is 497 g/mol. The predicted octanol–water partition coefficient (Wildman–Crippen LogP) is 5.72. The molecule has 1 saturated heterocycles. The molecule has 1 atom stereocenters. The molecule has 174 valence electrons. The second kappa shape index (κ2) is 9.87. The van der Waals surface area contributed by atoms with Crippen molar-refractivity contribution < 1.29 is 19.4 Å². The summed E-state index contributed by atoms with van der Waals surface area (Å²) in [6.07, 6.45) is 1.61. The SMILES string of the molecule is CCOc1ccc(/C(O)=C2/C(=O)C(=O)N(Cc3ccccn3)C2c2ccc(Cl)c(Cl)c2)cc1C. The van der Waals surface area contributed by atoms with Gasteiger partial charge >= 0.3 is 0 Å². The van der Waals surface area contributed by atoms with Crippen LogP contribution in [-0.4, -0.2) is 33.3 Å². The van der Waals surface area contributed by atoms with Crippen LogP contribution in [0.15, 0.2) is 66.4 Å². The number of aliphatic hydroxyl groups excluding tert-OH is 1. The molecular formula is C26H22Cl2N2O4. The van der Waals surface area contributed by atoms with Crippen molar-refractivity contribution in [1.29, 1.82) is 0 Å². The minimum Gasteiger partial charge on any atom is -0.507 e. The Morgan fingerprint density at radius 1 is 1.09 bits per heavy atom. The molecule has 6 nitrogen and oxygen atoms in total. The molecule has 4 rings (SSSR count). The zero-order valence-corrected chi connectivity index (χ0v) is 20.1. The third-order valence-corrected chi connectivity index (χ3v) is 6.35. The molecule has 2 aromatic carbocycles. The summed E-state index contributed by atoms with van der Waals surface area (Å²) in [4.78, 5) is 32.0. The van der Waals surface area contributed by atoms with Crippen molar-refractivity contribution in [3.05, 3.63) is 98.8 Å². The summed E-state index contributed by atoms with van der Waals surface area (Å²) in [5, 5.41) is 11.9. The van der Waals surface area contributed by atoms with Crippen LogP contribution in [0.25, 0.3) is 5.76 Å². The number of ether oxygens (including phenoxy) is 1. The van der Waals surface area contributed by atoms with Gasteiger partial charge in [-0.3, -0.25) is 14.6 Å². The molecule has 0 bridgehead atoms. The molecule has 0 aliphatic carbocycles. The molecular weight excluding hydrogens is 475 g/mol. The fourth-order valence-corrected chi connectivity index (χ4v) is 4.31. The monoisotopic (exact) mass is 496 g/mol. The Hall–Kier alpha value is -3.35. The van der Waals surface area contributed by atoms with E-state index in [-0.39, 0.29) is 22.9 Å². The van der Waals surface area contributed by atoms with Crippen molar-refractivity contribution in [2.24, 2.45) is 0 Å². The van der Waals surface area contributed by atoms with Crippen LogP contribution in [0.4, 0.5) is 0 Å². The molecule has 8 heteroatoms. The molecule has 1 aliphatic rings. The van der Waals surface area contributed by atoms with Crippen LogP contribution >= 0.6 is 23.2 Å². The fraction of sp³-hybridized carbons (Fsp3) is 0.192. The molecule has 1 fully saturated rings. The van der Waals surface area contributed by atoms with Crippen LogP contribution < -0.4 is 4.74 Å². The molecule has 1 aromatic heterocycles. The molecule has 1 amide bonds. The molecule has 1 aliphatic heterocycles. The summed E-state index contributed by atoms with van der Waals surface area (Å²) < 4.78 is 5.57. The van der Waals surface area contributed by atoms with E-state index in [1.54, 1.807) is 60.8 Å². The van der Waals surface area contributed by atoms with Gasteiger partial charge in [-0.2, -0.15) is 0 Å². The van der Waals surface area contributed by atoms with E-state index in [9.17, 15) is 14.7 Å². The molecule has 0 spiro atoms. The van der Waals surface area contributed by atoms with Crippen molar-refractivity contribution in [1.82, 2.24) is 9.88 Å². The van der Waals surface area contributed by atoms with Gasteiger partial charge in [0, 0.05) is 11.8 Å². The summed E-state index contributed by atoms with van der Waals surface area (Å²) in [6.45, 7) is 4.31. The number of aromatic nitrogens is 1. The number of Topliss-reactive ketones (excluding diaryl/α,β-unsaturated/α-hetero) is 1. The van der Waals surface area contributed by atoms with Crippen LogP contribution in [0, 0.1) is 6.92 Å². The van der Waals surface area contributed by atoms with Crippen molar-refractivity contribution in [2.45, 2.75) is 26.4 Å². The molecule has 1 unspecified atom stereocenters. The zero-order valence-electron chi connectivity index (χ0n) is 18.6. The first-order chi connectivity index (χ1) is 16.3. The number of nitrogens with zero attached hydrogens (tertiary/aromatic N) is 2. The van der Waals surface area contributed by atoms with Gasteiger partial charge in [0.1, 0.15) is 11.5 Å². The number of ketones is 1. The Labute approximate surface area is 207 Å². The van der Waals surface area contributed by atoms with Crippen LogP contribution in [-0.2, 0) is 16.1 Å². The standard InChI is InChI=1S/C26H22Cl2N2O4/c1-3-34-21-10-8-17(12-15(21)2)24(31)22-23(16-7-9-19(27)20(28)13-16)30(26(33)25(22)32)14-18-6-4-5-11-29-18/h4-13,23,31H,3,14H2,1-2H3/b24-22-. The summed E-state index contributed by atoms with van der Waals surface area (Å²) in [5.41, 5.74) is 2.32. The minimum atomic E-state index is -0.872. The lowest BCUT2D eigenvalue weighted by molar-refractivity contribution is -0.140. The number of carbonyl (C=O) groups is 2.